The average Bonchev–Trinajstić information content (AvgIpc) is 2.70. The van der Waals surface area contributed by atoms with E-state index in [0.29, 0.717) is 26.1 Å². The molecule has 1 saturated heterocycles. The number of rotatable bonds is 4. The molecule has 1 heterocycles. The van der Waals surface area contributed by atoms with E-state index in [1.54, 1.807) is 0 Å². The molecule has 0 aromatic heterocycles. The summed E-state index contributed by atoms with van der Waals surface area (Å²) in [6, 6.07) is 3.27. The second kappa shape index (κ2) is 8.21. The van der Waals surface area contributed by atoms with E-state index in [2.05, 4.69) is 5.32 Å². The molecule has 0 unspecified atom stereocenters. The van der Waals surface area contributed by atoms with E-state index in [4.69, 9.17) is 11.6 Å². The van der Waals surface area contributed by atoms with Gasteiger partial charge in [-0.05, 0) is 51.9 Å². The van der Waals surface area contributed by atoms with E-state index in [9.17, 15) is 17.6 Å². The Bertz CT molecular complexity index is 765. The molecular formula is C17H25ClFN3O3S. The van der Waals surface area contributed by atoms with Gasteiger partial charge in [0, 0.05) is 25.2 Å². The summed E-state index contributed by atoms with van der Waals surface area (Å²) in [6.45, 7) is 7.60. The summed E-state index contributed by atoms with van der Waals surface area (Å²) in [4.78, 5) is 13.9. The third-order valence-corrected chi connectivity index (χ3v) is 6.32. The topological polar surface area (TPSA) is 69.7 Å². The predicted molar refractivity (Wildman–Crippen MR) is 99.1 cm³/mol. The Morgan fingerprint density at radius 2 is 1.92 bits per heavy atom. The SMILES string of the molecule is CC(C)(C)NC(=O)CN1CCCN(S(=O)(=O)c2ccc(F)cc2Cl)CC1. The van der Waals surface area contributed by atoms with E-state index in [0.717, 1.165) is 12.1 Å². The van der Waals surface area contributed by atoms with Crippen LogP contribution in [0.3, 0.4) is 0 Å². The predicted octanol–water partition coefficient (Wildman–Crippen LogP) is 2.09. The van der Waals surface area contributed by atoms with Gasteiger partial charge in [-0.3, -0.25) is 9.69 Å². The first-order valence-electron chi connectivity index (χ1n) is 8.47. The van der Waals surface area contributed by atoms with E-state index in [-0.39, 0.29) is 34.5 Å². The fraction of sp³-hybridized carbons (Fsp3) is 0.588. The van der Waals surface area contributed by atoms with Crippen molar-refractivity contribution in [3.8, 4) is 0 Å². The van der Waals surface area contributed by atoms with Gasteiger partial charge in [0.1, 0.15) is 10.7 Å². The van der Waals surface area contributed by atoms with Crippen molar-refractivity contribution in [2.75, 3.05) is 32.7 Å². The van der Waals surface area contributed by atoms with Gasteiger partial charge in [-0.25, -0.2) is 12.8 Å². The lowest BCUT2D eigenvalue weighted by atomic mass is 10.1. The van der Waals surface area contributed by atoms with Crippen LogP contribution in [0, 0.1) is 5.82 Å². The van der Waals surface area contributed by atoms with Gasteiger partial charge in [0.2, 0.25) is 15.9 Å². The molecule has 0 aliphatic carbocycles. The van der Waals surface area contributed by atoms with Crippen molar-refractivity contribution in [2.24, 2.45) is 0 Å². The maximum Gasteiger partial charge on any atom is 0.244 e. The normalized spacial score (nSPS) is 17.7. The number of amides is 1. The van der Waals surface area contributed by atoms with Gasteiger partial charge in [0.05, 0.1) is 11.6 Å². The zero-order chi connectivity index (χ0) is 19.5. The largest absolute Gasteiger partial charge is 0.350 e. The first-order valence-corrected chi connectivity index (χ1v) is 10.3. The van der Waals surface area contributed by atoms with Crippen LogP contribution < -0.4 is 5.32 Å². The number of halogens is 2. The molecule has 0 bridgehead atoms. The number of carbonyl (C=O) groups is 1. The number of hydrogen-bond donors (Lipinski definition) is 1. The zero-order valence-corrected chi connectivity index (χ0v) is 16.8. The highest BCUT2D eigenvalue weighted by Gasteiger charge is 2.29. The summed E-state index contributed by atoms with van der Waals surface area (Å²) in [6.07, 6.45) is 0.598. The number of benzene rings is 1. The summed E-state index contributed by atoms with van der Waals surface area (Å²) in [5.74, 6) is -0.670. The number of nitrogens with one attached hydrogen (secondary N) is 1. The highest BCUT2D eigenvalue weighted by molar-refractivity contribution is 7.89. The third-order valence-electron chi connectivity index (χ3n) is 3.94. The molecule has 1 fully saturated rings. The van der Waals surface area contributed by atoms with Crippen LogP contribution in [-0.4, -0.2) is 61.8 Å². The van der Waals surface area contributed by atoms with Crippen LogP contribution in [0.25, 0.3) is 0 Å². The molecule has 0 radical (unpaired) electrons. The Labute approximate surface area is 159 Å². The maximum atomic E-state index is 13.2. The second-order valence-electron chi connectivity index (χ2n) is 7.41. The molecule has 1 aliphatic heterocycles. The number of hydrogen-bond acceptors (Lipinski definition) is 4. The van der Waals surface area contributed by atoms with Crippen LogP contribution in [0.15, 0.2) is 23.1 Å². The van der Waals surface area contributed by atoms with Crippen LogP contribution in [0.1, 0.15) is 27.2 Å². The zero-order valence-electron chi connectivity index (χ0n) is 15.3. The quantitative estimate of drug-likeness (QED) is 0.832. The minimum Gasteiger partial charge on any atom is -0.350 e. The molecule has 146 valence electrons. The Kier molecular flexibility index (Phi) is 6.65. The highest BCUT2D eigenvalue weighted by atomic mass is 35.5. The van der Waals surface area contributed by atoms with Crippen molar-refractivity contribution < 1.29 is 17.6 Å². The van der Waals surface area contributed by atoms with Crippen LogP contribution in [0.2, 0.25) is 5.02 Å². The van der Waals surface area contributed by atoms with Gasteiger partial charge in [-0.1, -0.05) is 11.6 Å². The summed E-state index contributed by atoms with van der Waals surface area (Å²) in [5.41, 5.74) is -0.308. The molecule has 6 nitrogen and oxygen atoms in total. The Hall–Kier alpha value is -1.22. The number of carbonyl (C=O) groups excluding carboxylic acids is 1. The lowest BCUT2D eigenvalue weighted by molar-refractivity contribution is -0.123. The first kappa shape index (κ1) is 21.1. The number of sulfonamides is 1. The van der Waals surface area contributed by atoms with Crippen LogP contribution in [0.4, 0.5) is 4.39 Å². The van der Waals surface area contributed by atoms with Gasteiger partial charge >= 0.3 is 0 Å². The average molecular weight is 406 g/mol. The lowest BCUT2D eigenvalue weighted by Crippen LogP contribution is -2.46. The summed E-state index contributed by atoms with van der Waals surface area (Å²) in [5, 5.41) is 2.77. The summed E-state index contributed by atoms with van der Waals surface area (Å²) < 4.78 is 40.2. The Morgan fingerprint density at radius 3 is 2.54 bits per heavy atom. The molecule has 2 rings (SSSR count). The van der Waals surface area contributed by atoms with Gasteiger partial charge < -0.3 is 5.32 Å². The molecule has 26 heavy (non-hydrogen) atoms. The molecular weight excluding hydrogens is 381 g/mol. The molecule has 0 spiro atoms. The van der Waals surface area contributed by atoms with E-state index >= 15 is 0 Å². The monoisotopic (exact) mass is 405 g/mol. The molecule has 9 heteroatoms. The van der Waals surface area contributed by atoms with Crippen molar-refractivity contribution in [2.45, 2.75) is 37.6 Å². The van der Waals surface area contributed by atoms with Gasteiger partial charge in [0.15, 0.2) is 0 Å². The van der Waals surface area contributed by atoms with Crippen molar-refractivity contribution in [1.82, 2.24) is 14.5 Å². The fourth-order valence-electron chi connectivity index (χ4n) is 2.83. The number of nitrogens with zero attached hydrogens (tertiary/aromatic N) is 2. The maximum absolute atomic E-state index is 13.2. The van der Waals surface area contributed by atoms with Crippen LogP contribution in [0.5, 0.6) is 0 Å². The van der Waals surface area contributed by atoms with Gasteiger partial charge in [-0.15, -0.1) is 0 Å². The second-order valence-corrected chi connectivity index (χ2v) is 9.72. The minimum atomic E-state index is -3.81. The van der Waals surface area contributed by atoms with Gasteiger partial charge in [-0.2, -0.15) is 4.31 Å². The molecule has 1 aliphatic rings. The molecule has 1 aromatic carbocycles. The summed E-state index contributed by atoms with van der Waals surface area (Å²) in [7, 11) is -3.81. The lowest BCUT2D eigenvalue weighted by Gasteiger charge is -2.25. The molecule has 0 atom stereocenters. The molecule has 1 amide bonds. The third kappa shape index (κ3) is 5.64. The smallest absolute Gasteiger partial charge is 0.244 e. The Balaban J connectivity index is 2.04. The van der Waals surface area contributed by atoms with Crippen molar-refractivity contribution in [3.05, 3.63) is 29.0 Å². The van der Waals surface area contributed by atoms with E-state index in [1.165, 1.54) is 10.4 Å². The van der Waals surface area contributed by atoms with Crippen molar-refractivity contribution in [3.63, 3.8) is 0 Å². The minimum absolute atomic E-state index is 0.0876. The summed E-state index contributed by atoms with van der Waals surface area (Å²) >= 11 is 5.92. The molecule has 0 saturated carbocycles. The molecule has 1 aromatic rings. The standard InChI is InChI=1S/C17H25ClFN3O3S/c1-17(2,3)20-16(23)12-21-7-4-8-22(10-9-21)26(24,25)15-6-5-13(19)11-14(15)18/h5-6,11H,4,7-10,12H2,1-3H3,(H,20,23). The van der Waals surface area contributed by atoms with Crippen molar-refractivity contribution >= 4 is 27.5 Å². The Morgan fingerprint density at radius 1 is 1.23 bits per heavy atom. The van der Waals surface area contributed by atoms with Gasteiger partial charge in [0.25, 0.3) is 0 Å². The van der Waals surface area contributed by atoms with E-state index < -0.39 is 15.8 Å². The van der Waals surface area contributed by atoms with Crippen molar-refractivity contribution in [1.29, 1.82) is 0 Å². The van der Waals surface area contributed by atoms with Crippen LogP contribution in [-0.2, 0) is 14.8 Å². The highest BCUT2D eigenvalue weighted by Crippen LogP contribution is 2.26. The van der Waals surface area contributed by atoms with E-state index in [1.807, 2.05) is 25.7 Å². The fourth-order valence-corrected chi connectivity index (χ4v) is 4.80. The first-order chi connectivity index (χ1) is 12.0. The van der Waals surface area contributed by atoms with Crippen LogP contribution >= 0.6 is 11.6 Å². The molecule has 1 N–H and O–H groups in total.